The van der Waals surface area contributed by atoms with Gasteiger partial charge in [-0.3, -0.25) is 0 Å². The number of benzene rings is 1. The van der Waals surface area contributed by atoms with E-state index < -0.39 is 18.0 Å². The van der Waals surface area contributed by atoms with Crippen molar-refractivity contribution in [1.29, 1.82) is 0 Å². The highest BCUT2D eigenvalue weighted by molar-refractivity contribution is 6.35. The van der Waals surface area contributed by atoms with Crippen molar-refractivity contribution >= 4 is 35.2 Å². The van der Waals surface area contributed by atoms with Gasteiger partial charge in [-0.05, 0) is 44.2 Å². The number of hydrogen-bond donors (Lipinski definition) is 2. The summed E-state index contributed by atoms with van der Waals surface area (Å²) in [5, 5.41) is 6.08. The van der Waals surface area contributed by atoms with Crippen molar-refractivity contribution in [2.24, 2.45) is 5.92 Å². The van der Waals surface area contributed by atoms with E-state index in [9.17, 15) is 9.59 Å². The third kappa shape index (κ3) is 4.39. The van der Waals surface area contributed by atoms with E-state index in [0.717, 1.165) is 25.7 Å². The third-order valence-electron chi connectivity index (χ3n) is 5.20. The van der Waals surface area contributed by atoms with Gasteiger partial charge in [-0.15, -0.1) is 0 Å². The van der Waals surface area contributed by atoms with Gasteiger partial charge in [0.1, 0.15) is 11.9 Å². The number of halogens is 2. The number of amides is 2. The Labute approximate surface area is 174 Å². The molecule has 1 heterocycles. The topological polar surface area (TPSA) is 76.7 Å². The van der Waals surface area contributed by atoms with Crippen LogP contribution in [0.4, 0.5) is 4.79 Å². The third-order valence-corrected chi connectivity index (χ3v) is 5.70. The minimum atomic E-state index is -0.784. The molecule has 2 amide bonds. The zero-order valence-electron chi connectivity index (χ0n) is 16.1. The number of allylic oxidation sites excluding steroid dienone is 1. The fourth-order valence-electron chi connectivity index (χ4n) is 3.91. The molecule has 3 atom stereocenters. The van der Waals surface area contributed by atoms with Crippen LogP contribution < -0.4 is 15.4 Å². The van der Waals surface area contributed by atoms with Crippen molar-refractivity contribution in [2.75, 3.05) is 7.11 Å². The minimum Gasteiger partial charge on any atom is -0.495 e. The van der Waals surface area contributed by atoms with Crippen LogP contribution >= 0.6 is 23.2 Å². The molecule has 2 aliphatic rings. The van der Waals surface area contributed by atoms with Gasteiger partial charge in [0.05, 0.1) is 23.7 Å². The summed E-state index contributed by atoms with van der Waals surface area (Å²) in [7, 11) is 1.47. The molecular formula is C20H24Cl2N2O4. The fourth-order valence-corrected chi connectivity index (χ4v) is 4.49. The monoisotopic (exact) mass is 426 g/mol. The molecule has 0 spiro atoms. The Bertz CT molecular complexity index is 825. The fraction of sp³-hybridized carbons (Fsp3) is 0.500. The molecule has 1 saturated carbocycles. The minimum absolute atomic E-state index is 0.125. The summed E-state index contributed by atoms with van der Waals surface area (Å²) >= 11 is 12.4. The summed E-state index contributed by atoms with van der Waals surface area (Å²) in [6, 6.07) is 1.97. The largest absolute Gasteiger partial charge is 0.495 e. The number of urea groups is 1. The van der Waals surface area contributed by atoms with Crippen LogP contribution in [-0.2, 0) is 9.53 Å². The van der Waals surface area contributed by atoms with Gasteiger partial charge >= 0.3 is 12.0 Å². The van der Waals surface area contributed by atoms with Gasteiger partial charge in [-0.25, -0.2) is 9.59 Å². The van der Waals surface area contributed by atoms with Gasteiger partial charge in [0.2, 0.25) is 0 Å². The predicted octanol–water partition coefficient (Wildman–Crippen LogP) is 4.75. The molecule has 0 bridgehead atoms. The molecule has 1 aromatic carbocycles. The average molecular weight is 427 g/mol. The molecule has 1 aliphatic carbocycles. The van der Waals surface area contributed by atoms with Gasteiger partial charge in [0.15, 0.2) is 0 Å². The molecule has 0 saturated heterocycles. The number of carbonyl (C=O) groups excluding carboxylic acids is 2. The molecule has 152 valence electrons. The lowest BCUT2D eigenvalue weighted by molar-refractivity contribution is -0.146. The first-order valence-corrected chi connectivity index (χ1v) is 10.1. The van der Waals surface area contributed by atoms with E-state index in [1.54, 1.807) is 19.1 Å². The molecule has 6 nitrogen and oxygen atoms in total. The summed E-state index contributed by atoms with van der Waals surface area (Å²) in [5.74, 6) is 0.406. The second kappa shape index (κ2) is 8.62. The smallest absolute Gasteiger partial charge is 0.338 e. The molecule has 2 N–H and O–H groups in total. The summed E-state index contributed by atoms with van der Waals surface area (Å²) in [6.07, 6.45) is 3.75. The molecule has 0 unspecified atom stereocenters. The van der Waals surface area contributed by atoms with E-state index in [4.69, 9.17) is 32.7 Å². The number of methoxy groups -OCH3 is 1. The highest BCUT2D eigenvalue weighted by atomic mass is 35.5. The van der Waals surface area contributed by atoms with Crippen LogP contribution in [0.1, 0.15) is 51.1 Å². The molecule has 3 rings (SSSR count). The Morgan fingerprint density at radius 2 is 2.00 bits per heavy atom. The molecule has 0 radical (unpaired) electrons. The van der Waals surface area contributed by atoms with Gasteiger partial charge < -0.3 is 20.1 Å². The lowest BCUT2D eigenvalue weighted by Crippen LogP contribution is -2.45. The Kier molecular flexibility index (Phi) is 6.40. The Morgan fingerprint density at radius 1 is 1.25 bits per heavy atom. The lowest BCUT2D eigenvalue weighted by atomic mass is 9.88. The first kappa shape index (κ1) is 20.8. The van der Waals surface area contributed by atoms with Crippen molar-refractivity contribution in [3.8, 4) is 5.75 Å². The maximum Gasteiger partial charge on any atom is 0.338 e. The van der Waals surface area contributed by atoms with Crippen LogP contribution in [0.2, 0.25) is 10.0 Å². The summed E-state index contributed by atoms with van der Waals surface area (Å²) in [4.78, 5) is 25.2. The highest BCUT2D eigenvalue weighted by Gasteiger charge is 2.36. The Hall–Kier alpha value is -1.92. The highest BCUT2D eigenvalue weighted by Crippen LogP contribution is 2.40. The molecule has 8 heteroatoms. The van der Waals surface area contributed by atoms with Crippen LogP contribution in [0.15, 0.2) is 23.4 Å². The van der Waals surface area contributed by atoms with E-state index in [2.05, 4.69) is 17.6 Å². The van der Waals surface area contributed by atoms with Crippen LogP contribution in [0.25, 0.3) is 0 Å². The number of esters is 1. The van der Waals surface area contributed by atoms with E-state index in [0.29, 0.717) is 38.5 Å². The van der Waals surface area contributed by atoms with Crippen molar-refractivity contribution in [3.05, 3.63) is 39.0 Å². The first-order chi connectivity index (χ1) is 13.3. The van der Waals surface area contributed by atoms with Crippen LogP contribution in [0, 0.1) is 5.92 Å². The van der Waals surface area contributed by atoms with E-state index >= 15 is 0 Å². The van der Waals surface area contributed by atoms with Crippen LogP contribution in [-0.4, -0.2) is 25.2 Å². The van der Waals surface area contributed by atoms with Crippen LogP contribution in [0.3, 0.4) is 0 Å². The number of rotatable bonds is 4. The van der Waals surface area contributed by atoms with Gasteiger partial charge in [-0.1, -0.05) is 36.5 Å². The second-order valence-corrected chi connectivity index (χ2v) is 8.22. The number of nitrogens with one attached hydrogen (secondary N) is 2. The molecule has 1 aromatic rings. The predicted molar refractivity (Wildman–Crippen MR) is 108 cm³/mol. The average Bonchev–Trinajstić information content (AvgIpc) is 2.60. The normalized spacial score (nSPS) is 25.0. The lowest BCUT2D eigenvalue weighted by Gasteiger charge is -2.32. The Morgan fingerprint density at radius 3 is 2.68 bits per heavy atom. The standard InChI is InChI=1S/C20H24Cl2N2O4/c1-10-5-4-6-13(7-10)28-19(25)16-11(2)23-20(26)24-17(16)14-8-12(21)9-15(22)18(14)27-3/h8-10,13,17H,4-7H2,1-3H3,(H2,23,24,26)/t10-,13-,17-/m0/s1. The summed E-state index contributed by atoms with van der Waals surface area (Å²) < 4.78 is 11.2. The van der Waals surface area contributed by atoms with Crippen molar-refractivity contribution in [2.45, 2.75) is 51.7 Å². The number of hydrogen-bond acceptors (Lipinski definition) is 4. The maximum atomic E-state index is 13.1. The summed E-state index contributed by atoms with van der Waals surface area (Å²) in [5.41, 5.74) is 1.24. The quantitative estimate of drug-likeness (QED) is 0.680. The van der Waals surface area contributed by atoms with Gasteiger partial charge in [0.25, 0.3) is 0 Å². The Balaban J connectivity index is 1.96. The van der Waals surface area contributed by atoms with Crippen molar-refractivity contribution < 1.29 is 19.1 Å². The van der Waals surface area contributed by atoms with E-state index in [1.807, 2.05) is 0 Å². The molecule has 1 fully saturated rings. The van der Waals surface area contributed by atoms with E-state index in [1.165, 1.54) is 7.11 Å². The first-order valence-electron chi connectivity index (χ1n) is 9.32. The van der Waals surface area contributed by atoms with Gasteiger partial charge in [-0.2, -0.15) is 0 Å². The van der Waals surface area contributed by atoms with Crippen LogP contribution in [0.5, 0.6) is 5.75 Å². The van der Waals surface area contributed by atoms with Crippen molar-refractivity contribution in [3.63, 3.8) is 0 Å². The van der Waals surface area contributed by atoms with Gasteiger partial charge in [0, 0.05) is 16.3 Å². The zero-order valence-corrected chi connectivity index (χ0v) is 17.6. The maximum absolute atomic E-state index is 13.1. The second-order valence-electron chi connectivity index (χ2n) is 7.38. The number of ether oxygens (including phenoxy) is 2. The molecule has 0 aromatic heterocycles. The number of carbonyl (C=O) groups is 2. The molecule has 1 aliphatic heterocycles. The SMILES string of the molecule is COc1c(Cl)cc(Cl)cc1[C@@H]1NC(=O)NC(C)=C1C(=O)O[C@H]1CCC[C@H](C)C1. The zero-order chi connectivity index (χ0) is 20.4. The van der Waals surface area contributed by atoms with E-state index in [-0.39, 0.29) is 6.10 Å². The molecule has 28 heavy (non-hydrogen) atoms. The van der Waals surface area contributed by atoms with Crippen molar-refractivity contribution in [1.82, 2.24) is 10.6 Å². The summed E-state index contributed by atoms with van der Waals surface area (Å²) in [6.45, 7) is 3.83. The molecular weight excluding hydrogens is 403 g/mol.